The van der Waals surface area contributed by atoms with Crippen LogP contribution in [0.25, 0.3) is 90.5 Å². The summed E-state index contributed by atoms with van der Waals surface area (Å²) < 4.78 is 0. The van der Waals surface area contributed by atoms with Crippen LogP contribution in [-0.2, 0) is 49.4 Å². The largest absolute Gasteiger partial charge is 0.140 e. The number of rotatable bonds is 41. The molecule has 0 nitrogen and oxygen atoms in total. The number of aryl methyl sites for hydroxylation is 8. The fourth-order valence-electron chi connectivity index (χ4n) is 18.4. The molecular formula is C106H116S9. The number of hydrogen-bond acceptors (Lipinski definition) is 9. The van der Waals surface area contributed by atoms with Gasteiger partial charge < -0.3 is 0 Å². The van der Waals surface area contributed by atoms with Crippen LogP contribution < -0.4 is 0 Å². The van der Waals surface area contributed by atoms with Crippen LogP contribution in [0.4, 0.5) is 0 Å². The SMILES string of the molecule is CCCCCCc1ccc(C2(c3ccc(CCCCCC)cc3)c3cc4c(cc3-c3sc(C)cc32)C(c2ccc(CCCCCC)cc2)(c2ccc(CCCCCC)cc2)c2cc(-c3ccc(-c5sc(-c6cc(-c7ccc(-c8ccc(CCCCCC)s8)s7)c(C)s6)cc5-c5ccc(-c6ccc(CCCCCC)s6)s5)s3)sc2-4)cc1. The van der Waals surface area contributed by atoms with Crippen molar-refractivity contribution in [3.63, 3.8) is 0 Å². The van der Waals surface area contributed by atoms with Gasteiger partial charge in [-0.15, -0.1) is 102 Å². The zero-order valence-corrected chi connectivity index (χ0v) is 76.7. The van der Waals surface area contributed by atoms with Crippen molar-refractivity contribution in [3.05, 3.63) is 280 Å². The van der Waals surface area contributed by atoms with Crippen LogP contribution in [0.1, 0.15) is 282 Å². The molecule has 0 aliphatic heterocycles. The quantitative estimate of drug-likeness (QED) is 0.0335. The highest BCUT2D eigenvalue weighted by Gasteiger charge is 2.53. The fraction of sp³-hybridized carbons (Fsp3) is 0.377. The predicted octanol–water partition coefficient (Wildman–Crippen LogP) is 36.0. The van der Waals surface area contributed by atoms with Gasteiger partial charge in [0.25, 0.3) is 0 Å². The lowest BCUT2D eigenvalue weighted by molar-refractivity contribution is 0.666. The van der Waals surface area contributed by atoms with Crippen LogP contribution in [0.5, 0.6) is 0 Å². The number of thiophene rings is 9. The Morgan fingerprint density at radius 3 is 0.948 bits per heavy atom. The number of hydrogen-bond donors (Lipinski definition) is 0. The topological polar surface area (TPSA) is 0 Å². The van der Waals surface area contributed by atoms with Crippen LogP contribution in [-0.4, -0.2) is 0 Å². The van der Waals surface area contributed by atoms with Gasteiger partial charge >= 0.3 is 0 Å². The van der Waals surface area contributed by atoms with E-state index < -0.39 is 10.8 Å². The van der Waals surface area contributed by atoms with Crippen molar-refractivity contribution >= 4 is 102 Å². The summed E-state index contributed by atoms with van der Waals surface area (Å²) in [4.78, 5) is 25.0. The van der Waals surface area contributed by atoms with Crippen molar-refractivity contribution in [2.24, 2.45) is 0 Å². The molecule has 0 spiro atoms. The van der Waals surface area contributed by atoms with Gasteiger partial charge in [-0.1, -0.05) is 254 Å². The Bertz CT molecular complexity index is 5380. The second kappa shape index (κ2) is 38.2. The lowest BCUT2D eigenvalue weighted by Crippen LogP contribution is -2.30. The molecule has 0 unspecified atom stereocenters. The smallest absolute Gasteiger partial charge is 0.0722 e. The second-order valence-electron chi connectivity index (χ2n) is 33.0. The van der Waals surface area contributed by atoms with E-state index in [0.717, 1.165) is 25.7 Å². The summed E-state index contributed by atoms with van der Waals surface area (Å²) in [5.74, 6) is 0. The van der Waals surface area contributed by atoms with Crippen molar-refractivity contribution in [1.82, 2.24) is 0 Å². The molecule has 9 heterocycles. The van der Waals surface area contributed by atoms with Gasteiger partial charge in [0.05, 0.1) is 15.7 Å². The third-order valence-corrected chi connectivity index (χ3v) is 35.8. The molecule has 2 aliphatic carbocycles. The second-order valence-corrected chi connectivity index (χ2v) is 43.2. The summed E-state index contributed by atoms with van der Waals surface area (Å²) in [6.45, 7) is 18.6. The lowest BCUT2D eigenvalue weighted by Gasteiger charge is -2.35. The molecule has 9 aromatic heterocycles. The number of unbranched alkanes of at least 4 members (excludes halogenated alkanes) is 18. The van der Waals surface area contributed by atoms with E-state index in [2.05, 4.69) is 261 Å². The molecular weight excluding hydrogens is 1560 g/mol. The highest BCUT2D eigenvalue weighted by atomic mass is 32.1. The summed E-state index contributed by atoms with van der Waals surface area (Å²) in [6, 6.07) is 80.4. The molecule has 5 aromatic carbocycles. The van der Waals surface area contributed by atoms with E-state index >= 15 is 0 Å². The maximum Gasteiger partial charge on any atom is 0.0722 e. The monoisotopic (exact) mass is 1680 g/mol. The Hall–Kier alpha value is -6.60. The summed E-state index contributed by atoms with van der Waals surface area (Å²) in [7, 11) is 0. The van der Waals surface area contributed by atoms with E-state index in [0.29, 0.717) is 0 Å². The molecule has 9 heteroatoms. The highest BCUT2D eigenvalue weighted by molar-refractivity contribution is 7.30. The third kappa shape index (κ3) is 17.3. The average molecular weight is 1680 g/mol. The van der Waals surface area contributed by atoms with Crippen LogP contribution in [0.15, 0.2) is 194 Å². The summed E-state index contributed by atoms with van der Waals surface area (Å²) in [5, 5.41) is 0. The molecule has 0 N–H and O–H groups in total. The summed E-state index contributed by atoms with van der Waals surface area (Å²) in [6.07, 6.45) is 37.4. The molecule has 14 aromatic rings. The van der Waals surface area contributed by atoms with Crippen molar-refractivity contribution in [1.29, 1.82) is 0 Å². The Morgan fingerprint density at radius 1 is 0.209 bits per heavy atom. The first kappa shape index (κ1) is 82.1. The minimum absolute atomic E-state index is 0.529. The molecule has 115 heavy (non-hydrogen) atoms. The van der Waals surface area contributed by atoms with Crippen LogP contribution in [0.2, 0.25) is 0 Å². The van der Waals surface area contributed by atoms with Gasteiger partial charge in [-0.3, -0.25) is 0 Å². The normalized spacial score (nSPS) is 13.2. The van der Waals surface area contributed by atoms with Gasteiger partial charge in [0.1, 0.15) is 0 Å². The maximum absolute atomic E-state index is 2.76. The van der Waals surface area contributed by atoms with Gasteiger partial charge in [0.2, 0.25) is 0 Å². The molecule has 594 valence electrons. The van der Waals surface area contributed by atoms with E-state index in [9.17, 15) is 0 Å². The molecule has 0 atom stereocenters. The van der Waals surface area contributed by atoms with Gasteiger partial charge in [-0.2, -0.15) is 0 Å². The van der Waals surface area contributed by atoms with Crippen LogP contribution in [0.3, 0.4) is 0 Å². The van der Waals surface area contributed by atoms with E-state index in [1.54, 1.807) is 0 Å². The van der Waals surface area contributed by atoms with Gasteiger partial charge in [0.15, 0.2) is 0 Å². The lowest BCUT2D eigenvalue weighted by atomic mass is 9.65. The molecule has 16 rings (SSSR count). The van der Waals surface area contributed by atoms with Crippen molar-refractivity contribution in [3.8, 4) is 90.5 Å². The zero-order chi connectivity index (χ0) is 78.8. The van der Waals surface area contributed by atoms with E-state index in [-0.39, 0.29) is 0 Å². The minimum atomic E-state index is -0.596. The predicted molar refractivity (Wildman–Crippen MR) is 517 cm³/mol. The molecule has 0 amide bonds. The maximum atomic E-state index is 2.76. The Morgan fingerprint density at radius 2 is 0.522 bits per heavy atom. The van der Waals surface area contributed by atoms with Crippen molar-refractivity contribution < 1.29 is 0 Å². The zero-order valence-electron chi connectivity index (χ0n) is 69.4. The van der Waals surface area contributed by atoms with E-state index in [1.807, 2.05) is 90.7 Å². The molecule has 0 bridgehead atoms. The highest BCUT2D eigenvalue weighted by Crippen LogP contribution is 2.66. The van der Waals surface area contributed by atoms with Gasteiger partial charge in [0, 0.05) is 94.0 Å². The minimum Gasteiger partial charge on any atom is -0.140 e. The molecule has 2 aliphatic rings. The van der Waals surface area contributed by atoms with Gasteiger partial charge in [-0.05, 0) is 266 Å². The molecule has 0 fully saturated rings. The Labute approximate surface area is 725 Å². The first-order valence-corrected chi connectivity index (χ1v) is 51.4. The fourth-order valence-corrected chi connectivity index (χ4v) is 28.8. The van der Waals surface area contributed by atoms with E-state index in [1.165, 1.54) is 344 Å². The Kier molecular flexibility index (Phi) is 27.3. The number of fused-ring (bicyclic) bond motifs is 6. The molecule has 0 saturated carbocycles. The van der Waals surface area contributed by atoms with Crippen molar-refractivity contribution in [2.45, 2.75) is 259 Å². The van der Waals surface area contributed by atoms with Crippen molar-refractivity contribution in [2.75, 3.05) is 0 Å². The Balaban J connectivity index is 0.848. The summed E-state index contributed by atoms with van der Waals surface area (Å²) in [5.41, 5.74) is 21.3. The van der Waals surface area contributed by atoms with E-state index in [4.69, 9.17) is 0 Å². The standard InChI is InChI=1S/C106H116S9/c1-9-15-21-27-33-73-39-47-77(48-40-73)105(78-49-41-74(42-50-78)34-28-22-16-10-2)87-67-85-88(66-84(87)102-89(105)65-71(7)107-102)106(79-51-43-75(44-52-79)35-29-23-17-11-3,80-53-45-76(46-54-80)36-30-24-18-12-4)90-70-101(114-103(85)90)97-63-64-98(113-97)104-86(92-60-62-96(112-92)94-58-56-82(110-94)38-32-26-20-14-6)69-100(115-104)99-68-83(72(8)108-99)91-59-61-95(111-91)93-57-55-81(109-93)37-31-25-19-13-5/h39-70H,9-38H2,1-8H3. The molecule has 0 saturated heterocycles. The third-order valence-electron chi connectivity index (χ3n) is 24.7. The molecule has 0 radical (unpaired) electrons. The first-order valence-electron chi connectivity index (χ1n) is 44.1. The van der Waals surface area contributed by atoms with Crippen LogP contribution >= 0.6 is 102 Å². The summed E-state index contributed by atoms with van der Waals surface area (Å²) >= 11 is 18.0. The average Bonchev–Trinajstić information content (AvgIpc) is 1.50. The van der Waals surface area contributed by atoms with Crippen LogP contribution in [0, 0.1) is 13.8 Å². The number of benzene rings is 5. The first-order chi connectivity index (χ1) is 56.5. The van der Waals surface area contributed by atoms with Gasteiger partial charge in [-0.25, -0.2) is 0 Å².